The van der Waals surface area contributed by atoms with Crippen molar-refractivity contribution in [3.05, 3.63) is 199 Å². The van der Waals surface area contributed by atoms with Gasteiger partial charge in [-0.25, -0.2) is 4.52 Å². The Morgan fingerprint density at radius 2 is 1.14 bits per heavy atom. The fraction of sp³-hybridized carbons (Fsp3) is 0.0556. The molecule has 5 heterocycles. The highest BCUT2D eigenvalue weighted by Crippen LogP contribution is 2.52. The second-order valence-corrected chi connectivity index (χ2v) is 16.5. The first kappa shape index (κ1) is 32.5. The van der Waals surface area contributed by atoms with Crippen molar-refractivity contribution < 1.29 is 0 Å². The lowest BCUT2D eigenvalue weighted by Gasteiger charge is -2.42. The van der Waals surface area contributed by atoms with Gasteiger partial charge in [-0.1, -0.05) is 117 Å². The van der Waals surface area contributed by atoms with E-state index in [2.05, 4.69) is 214 Å². The highest BCUT2D eigenvalue weighted by atomic mass is 15.2. The molecule has 0 unspecified atom stereocenters. The van der Waals surface area contributed by atoms with Gasteiger partial charge in [-0.05, 0) is 95.1 Å². The summed E-state index contributed by atoms with van der Waals surface area (Å²) in [5, 5.41) is 12.2. The van der Waals surface area contributed by atoms with Crippen LogP contribution >= 0.6 is 0 Å². The zero-order valence-electron chi connectivity index (χ0n) is 32.6. The van der Waals surface area contributed by atoms with Gasteiger partial charge in [0.05, 0.1) is 50.7 Å². The Kier molecular flexibility index (Phi) is 6.44. The van der Waals surface area contributed by atoms with Crippen LogP contribution in [-0.4, -0.2) is 18.6 Å². The molecular weight excluding hydrogens is 719 g/mol. The predicted octanol–water partition coefficient (Wildman–Crippen LogP) is 13.9. The summed E-state index contributed by atoms with van der Waals surface area (Å²) in [6.45, 7) is 4.67. The van der Waals surface area contributed by atoms with Crippen molar-refractivity contribution >= 4 is 82.5 Å². The van der Waals surface area contributed by atoms with Gasteiger partial charge in [0.15, 0.2) is 0 Å². The highest BCUT2D eigenvalue weighted by molar-refractivity contribution is 6.18. The Labute approximate surface area is 340 Å². The van der Waals surface area contributed by atoms with Crippen LogP contribution in [0.4, 0.5) is 17.1 Å². The minimum absolute atomic E-state index is 0.107. The van der Waals surface area contributed by atoms with E-state index >= 15 is 0 Å². The molecule has 0 aliphatic carbocycles. The molecule has 1 aliphatic heterocycles. The maximum absolute atomic E-state index is 5.11. The van der Waals surface area contributed by atoms with Gasteiger partial charge in [0.1, 0.15) is 0 Å². The summed E-state index contributed by atoms with van der Waals surface area (Å²) >= 11 is 0. The third-order valence-electron chi connectivity index (χ3n) is 13.0. The Morgan fingerprint density at radius 3 is 1.93 bits per heavy atom. The minimum atomic E-state index is -0.107. The molecular formula is C54H37N5. The van der Waals surface area contributed by atoms with Gasteiger partial charge in [-0.15, -0.1) is 0 Å². The Morgan fingerprint density at radius 1 is 0.441 bits per heavy atom. The summed E-state index contributed by atoms with van der Waals surface area (Å²) in [6.07, 6.45) is 4.25. The number of anilines is 3. The third kappa shape index (κ3) is 4.42. The summed E-state index contributed by atoms with van der Waals surface area (Å²) in [5.74, 6) is 0. The summed E-state index contributed by atoms with van der Waals surface area (Å²) in [4.78, 5) is 2.43. The van der Waals surface area contributed by atoms with Crippen LogP contribution in [0.3, 0.4) is 0 Å². The predicted molar refractivity (Wildman–Crippen MR) is 245 cm³/mol. The SMILES string of the molecule is CC1(C)c2ccccc2N(c2ccc(-n3c4ccccc4c4cc5c(cc43)n3ccc4cc(-c6ccccc6)cc(c6cccc7cnn5c76)c43)cc2)c2ccccc21. The van der Waals surface area contributed by atoms with Crippen LogP contribution in [0, 0.1) is 0 Å². The molecule has 0 atom stereocenters. The van der Waals surface area contributed by atoms with Crippen LogP contribution in [0.25, 0.3) is 82.2 Å². The van der Waals surface area contributed by atoms with Crippen LogP contribution in [0.2, 0.25) is 0 Å². The lowest BCUT2D eigenvalue weighted by Crippen LogP contribution is -2.30. The number of nitrogens with zero attached hydrogens (tertiary/aromatic N) is 5. The quantitative estimate of drug-likeness (QED) is 0.180. The molecule has 0 saturated heterocycles. The van der Waals surface area contributed by atoms with Gasteiger partial charge in [0, 0.05) is 55.3 Å². The summed E-state index contributed by atoms with van der Waals surface area (Å²) in [6, 6.07) is 64.6. The van der Waals surface area contributed by atoms with Crippen LogP contribution in [0.1, 0.15) is 25.0 Å². The van der Waals surface area contributed by atoms with E-state index in [1.54, 1.807) is 0 Å². The Hall–Kier alpha value is -7.63. The molecule has 0 spiro atoms. The number of para-hydroxylation sites is 4. The molecule has 8 aromatic carbocycles. The lowest BCUT2D eigenvalue weighted by molar-refractivity contribution is 0.632. The molecule has 0 saturated carbocycles. The van der Waals surface area contributed by atoms with E-state index in [0.717, 1.165) is 38.8 Å². The molecule has 0 amide bonds. The lowest BCUT2D eigenvalue weighted by atomic mass is 9.73. The van der Waals surface area contributed by atoms with Crippen molar-refractivity contribution in [3.8, 4) is 16.8 Å². The van der Waals surface area contributed by atoms with Crippen molar-refractivity contribution in [2.45, 2.75) is 19.3 Å². The monoisotopic (exact) mass is 755 g/mol. The van der Waals surface area contributed by atoms with E-state index in [9.17, 15) is 0 Å². The molecule has 12 aromatic rings. The van der Waals surface area contributed by atoms with Crippen LogP contribution < -0.4 is 4.90 Å². The highest BCUT2D eigenvalue weighted by Gasteiger charge is 2.36. The van der Waals surface area contributed by atoms with Gasteiger partial charge in [-0.2, -0.15) is 5.10 Å². The van der Waals surface area contributed by atoms with Crippen molar-refractivity contribution in [2.24, 2.45) is 0 Å². The minimum Gasteiger partial charge on any atom is -0.314 e. The fourth-order valence-electron chi connectivity index (χ4n) is 10.3. The summed E-state index contributed by atoms with van der Waals surface area (Å²) in [5.41, 5.74) is 16.4. The largest absolute Gasteiger partial charge is 0.314 e. The first-order valence-electron chi connectivity index (χ1n) is 20.4. The Balaban J connectivity index is 1.08. The van der Waals surface area contributed by atoms with Crippen molar-refractivity contribution in [2.75, 3.05) is 4.90 Å². The molecule has 0 N–H and O–H groups in total. The van der Waals surface area contributed by atoms with Crippen LogP contribution in [0.5, 0.6) is 0 Å². The normalized spacial score (nSPS) is 13.7. The molecule has 4 aromatic heterocycles. The molecule has 5 heteroatoms. The van der Waals surface area contributed by atoms with Crippen molar-refractivity contribution in [3.63, 3.8) is 0 Å². The summed E-state index contributed by atoms with van der Waals surface area (Å²) < 4.78 is 6.98. The van der Waals surface area contributed by atoms with Gasteiger partial charge in [0.25, 0.3) is 0 Å². The van der Waals surface area contributed by atoms with Crippen molar-refractivity contribution in [1.82, 2.24) is 18.6 Å². The van der Waals surface area contributed by atoms with Crippen LogP contribution in [0.15, 0.2) is 188 Å². The van der Waals surface area contributed by atoms with E-state index < -0.39 is 0 Å². The maximum Gasteiger partial charge on any atom is 0.0901 e. The number of hydrogen-bond acceptors (Lipinski definition) is 2. The van der Waals surface area contributed by atoms with E-state index in [4.69, 9.17) is 5.10 Å². The maximum atomic E-state index is 5.11. The zero-order valence-corrected chi connectivity index (χ0v) is 32.6. The van der Waals surface area contributed by atoms with E-state index in [1.165, 1.54) is 71.6 Å². The molecule has 0 fully saturated rings. The molecule has 0 radical (unpaired) electrons. The molecule has 5 nitrogen and oxygen atoms in total. The van der Waals surface area contributed by atoms with E-state index in [-0.39, 0.29) is 5.41 Å². The molecule has 13 rings (SSSR count). The van der Waals surface area contributed by atoms with Gasteiger partial charge < -0.3 is 13.9 Å². The average molecular weight is 756 g/mol. The number of rotatable bonds is 3. The molecule has 278 valence electrons. The fourth-order valence-corrected chi connectivity index (χ4v) is 10.3. The number of benzene rings is 8. The van der Waals surface area contributed by atoms with Gasteiger partial charge in [-0.3, -0.25) is 0 Å². The third-order valence-corrected chi connectivity index (χ3v) is 13.0. The average Bonchev–Trinajstić information content (AvgIpc) is 4.00. The topological polar surface area (TPSA) is 29.9 Å². The molecule has 0 bridgehead atoms. The Bertz CT molecular complexity index is 3650. The standard InChI is InChI=1S/C54H37N5/c1-54(2)44-18-7-10-21-47(44)58(48-22-11-8-19-45(48)54)39-25-23-38(24-26-39)57-46-20-9-6-16-40(46)42-31-51-50(32-49(42)57)56-28-27-35-29-37(34-13-4-3-5-14-34)30-43(52(35)56)41-17-12-15-36-33-55-59(51)53(36)41/h3-33H,1-2H3. The molecule has 1 aliphatic rings. The second-order valence-electron chi connectivity index (χ2n) is 16.5. The van der Waals surface area contributed by atoms with Gasteiger partial charge in [0.2, 0.25) is 0 Å². The van der Waals surface area contributed by atoms with E-state index in [0.29, 0.717) is 0 Å². The van der Waals surface area contributed by atoms with E-state index in [1.807, 2.05) is 6.20 Å². The number of aromatic nitrogens is 4. The number of hydrogen-bond donors (Lipinski definition) is 0. The summed E-state index contributed by atoms with van der Waals surface area (Å²) in [7, 11) is 0. The second kappa shape index (κ2) is 11.7. The van der Waals surface area contributed by atoms with Crippen LogP contribution in [-0.2, 0) is 5.41 Å². The molecule has 59 heavy (non-hydrogen) atoms. The first-order valence-corrected chi connectivity index (χ1v) is 20.4. The number of fused-ring (bicyclic) bond motifs is 9. The smallest absolute Gasteiger partial charge is 0.0901 e. The zero-order chi connectivity index (χ0) is 39.0. The van der Waals surface area contributed by atoms with Gasteiger partial charge >= 0.3 is 0 Å². The van der Waals surface area contributed by atoms with Crippen molar-refractivity contribution in [1.29, 1.82) is 0 Å². The first-order chi connectivity index (χ1) is 29.0.